The Morgan fingerprint density at radius 1 is 1.44 bits per heavy atom. The maximum absolute atomic E-state index is 11.0. The van der Waals surface area contributed by atoms with Crippen LogP contribution >= 0.6 is 23.2 Å². The first kappa shape index (κ1) is 13.1. The lowest BCUT2D eigenvalue weighted by atomic mass is 9.96. The highest BCUT2D eigenvalue weighted by Gasteiger charge is 2.22. The predicted molar refractivity (Wildman–Crippen MR) is 63.7 cm³/mol. The van der Waals surface area contributed by atoms with Crippen LogP contribution < -0.4 is 4.74 Å². The third-order valence-corrected chi connectivity index (χ3v) is 3.26. The Bertz CT molecular complexity index is 404. The van der Waals surface area contributed by atoms with E-state index in [0.717, 1.165) is 0 Å². The summed E-state index contributed by atoms with van der Waals surface area (Å²) in [6.07, 6.45) is 0.456. The SMILES string of the molecule is CCC(C(=O)O)c1ccc(OC)c(Cl)c1Cl. The van der Waals surface area contributed by atoms with E-state index in [9.17, 15) is 4.79 Å². The number of carbonyl (C=O) groups is 1. The molecule has 0 radical (unpaired) electrons. The number of methoxy groups -OCH3 is 1. The van der Waals surface area contributed by atoms with Gasteiger partial charge in [0, 0.05) is 0 Å². The highest BCUT2D eigenvalue weighted by Crippen LogP contribution is 2.38. The Morgan fingerprint density at radius 2 is 2.06 bits per heavy atom. The van der Waals surface area contributed by atoms with Gasteiger partial charge in [0.25, 0.3) is 0 Å². The summed E-state index contributed by atoms with van der Waals surface area (Å²) in [5.41, 5.74) is 0.516. The molecule has 0 aromatic heterocycles. The van der Waals surface area contributed by atoms with Crippen molar-refractivity contribution in [2.24, 2.45) is 0 Å². The minimum absolute atomic E-state index is 0.246. The molecule has 5 heteroatoms. The number of ether oxygens (including phenoxy) is 1. The summed E-state index contributed by atoms with van der Waals surface area (Å²) in [6.45, 7) is 1.78. The summed E-state index contributed by atoms with van der Waals surface area (Å²) in [5.74, 6) is -1.11. The molecule has 0 spiro atoms. The highest BCUT2D eigenvalue weighted by atomic mass is 35.5. The number of carboxylic acid groups (broad SMARTS) is 1. The Labute approximate surface area is 104 Å². The summed E-state index contributed by atoms with van der Waals surface area (Å²) < 4.78 is 4.99. The van der Waals surface area contributed by atoms with Gasteiger partial charge in [-0.25, -0.2) is 0 Å². The van der Waals surface area contributed by atoms with Crippen molar-refractivity contribution in [1.29, 1.82) is 0 Å². The largest absolute Gasteiger partial charge is 0.495 e. The van der Waals surface area contributed by atoms with Crippen LogP contribution in [-0.4, -0.2) is 18.2 Å². The zero-order valence-electron chi connectivity index (χ0n) is 8.96. The van der Waals surface area contributed by atoms with Gasteiger partial charge in [-0.15, -0.1) is 0 Å². The molecule has 1 N–H and O–H groups in total. The highest BCUT2D eigenvalue weighted by molar-refractivity contribution is 6.43. The van der Waals surface area contributed by atoms with Crippen LogP contribution in [0.4, 0.5) is 0 Å². The zero-order chi connectivity index (χ0) is 12.3. The molecule has 0 saturated carbocycles. The maximum Gasteiger partial charge on any atom is 0.311 e. The van der Waals surface area contributed by atoms with Crippen LogP contribution in [0.1, 0.15) is 24.8 Å². The molecule has 0 fully saturated rings. The normalized spacial score (nSPS) is 12.2. The summed E-state index contributed by atoms with van der Waals surface area (Å²) in [5, 5.41) is 9.53. The van der Waals surface area contributed by atoms with E-state index in [1.54, 1.807) is 19.1 Å². The van der Waals surface area contributed by atoms with E-state index >= 15 is 0 Å². The second-order valence-electron chi connectivity index (χ2n) is 3.28. The first-order valence-electron chi connectivity index (χ1n) is 4.77. The monoisotopic (exact) mass is 262 g/mol. The van der Waals surface area contributed by atoms with Gasteiger partial charge in [-0.3, -0.25) is 4.79 Å². The number of aliphatic carboxylic acids is 1. The van der Waals surface area contributed by atoms with Crippen LogP contribution in [-0.2, 0) is 4.79 Å². The molecule has 3 nitrogen and oxygen atoms in total. The van der Waals surface area contributed by atoms with Gasteiger partial charge in [0.05, 0.1) is 18.1 Å². The lowest BCUT2D eigenvalue weighted by Crippen LogP contribution is -2.11. The van der Waals surface area contributed by atoms with Crippen molar-refractivity contribution < 1.29 is 14.6 Å². The standard InChI is InChI=1S/C11H12Cl2O3/c1-3-6(11(14)15)7-4-5-8(16-2)10(13)9(7)12/h4-6H,3H2,1-2H3,(H,14,15). The van der Waals surface area contributed by atoms with Crippen molar-refractivity contribution >= 4 is 29.2 Å². The van der Waals surface area contributed by atoms with Crippen LogP contribution in [0.2, 0.25) is 10.0 Å². The van der Waals surface area contributed by atoms with Crippen molar-refractivity contribution in [1.82, 2.24) is 0 Å². The topological polar surface area (TPSA) is 46.5 Å². The fourth-order valence-electron chi connectivity index (χ4n) is 1.50. The molecule has 0 heterocycles. The van der Waals surface area contributed by atoms with Crippen LogP contribution in [0, 0.1) is 0 Å². The number of halogens is 2. The molecule has 88 valence electrons. The third-order valence-electron chi connectivity index (χ3n) is 2.38. The summed E-state index contributed by atoms with van der Waals surface area (Å²) in [7, 11) is 1.48. The van der Waals surface area contributed by atoms with Crippen molar-refractivity contribution in [2.75, 3.05) is 7.11 Å². The van der Waals surface area contributed by atoms with Crippen LogP contribution in [0.15, 0.2) is 12.1 Å². The molecule has 0 aliphatic rings. The molecule has 0 saturated heterocycles. The first-order chi connectivity index (χ1) is 7.52. The lowest BCUT2D eigenvalue weighted by Gasteiger charge is -2.14. The molecule has 0 bridgehead atoms. The average Bonchev–Trinajstić information content (AvgIpc) is 2.25. The Balaban J connectivity index is 3.25. The van der Waals surface area contributed by atoms with Gasteiger partial charge in [0.15, 0.2) is 0 Å². The predicted octanol–water partition coefficient (Wildman–Crippen LogP) is 3.58. The van der Waals surface area contributed by atoms with E-state index in [2.05, 4.69) is 0 Å². The molecule has 1 aromatic carbocycles. The van der Waals surface area contributed by atoms with Gasteiger partial charge in [0.1, 0.15) is 10.8 Å². The smallest absolute Gasteiger partial charge is 0.311 e. The van der Waals surface area contributed by atoms with Crippen LogP contribution in [0.5, 0.6) is 5.75 Å². The molecular weight excluding hydrogens is 251 g/mol. The Kier molecular flexibility index (Phi) is 4.44. The molecule has 0 aliphatic heterocycles. The number of hydrogen-bond acceptors (Lipinski definition) is 2. The fourth-order valence-corrected chi connectivity index (χ4v) is 2.04. The van der Waals surface area contributed by atoms with Crippen molar-refractivity contribution in [3.8, 4) is 5.75 Å². The Morgan fingerprint density at radius 3 is 2.50 bits per heavy atom. The van der Waals surface area contributed by atoms with Gasteiger partial charge in [-0.1, -0.05) is 36.2 Å². The van der Waals surface area contributed by atoms with E-state index in [1.165, 1.54) is 7.11 Å². The van der Waals surface area contributed by atoms with Gasteiger partial charge in [-0.2, -0.15) is 0 Å². The van der Waals surface area contributed by atoms with Crippen molar-refractivity contribution in [3.05, 3.63) is 27.7 Å². The van der Waals surface area contributed by atoms with Crippen molar-refractivity contribution in [2.45, 2.75) is 19.3 Å². The third kappa shape index (κ3) is 2.42. The Hall–Kier alpha value is -0.930. The molecule has 0 amide bonds. The molecule has 1 unspecified atom stereocenters. The molecular formula is C11H12Cl2O3. The van der Waals surface area contributed by atoms with E-state index in [4.69, 9.17) is 33.0 Å². The summed E-state index contributed by atoms with van der Waals surface area (Å²) >= 11 is 12.0. The molecule has 1 atom stereocenters. The van der Waals surface area contributed by atoms with Gasteiger partial charge < -0.3 is 9.84 Å². The second kappa shape index (κ2) is 5.41. The van der Waals surface area contributed by atoms with Gasteiger partial charge >= 0.3 is 5.97 Å². The van der Waals surface area contributed by atoms with Gasteiger partial charge in [-0.05, 0) is 18.1 Å². The minimum Gasteiger partial charge on any atom is -0.495 e. The lowest BCUT2D eigenvalue weighted by molar-refractivity contribution is -0.138. The van der Waals surface area contributed by atoms with Gasteiger partial charge in [0.2, 0.25) is 0 Å². The summed E-state index contributed by atoms with van der Waals surface area (Å²) in [6, 6.07) is 3.25. The quantitative estimate of drug-likeness (QED) is 0.903. The van der Waals surface area contributed by atoms with E-state index < -0.39 is 11.9 Å². The molecule has 1 aromatic rings. The van der Waals surface area contributed by atoms with Crippen molar-refractivity contribution in [3.63, 3.8) is 0 Å². The summed E-state index contributed by atoms with van der Waals surface area (Å²) in [4.78, 5) is 11.0. The number of hydrogen-bond donors (Lipinski definition) is 1. The second-order valence-corrected chi connectivity index (χ2v) is 4.04. The number of benzene rings is 1. The number of rotatable bonds is 4. The molecule has 16 heavy (non-hydrogen) atoms. The van der Waals surface area contributed by atoms with E-state index in [1.807, 2.05) is 0 Å². The maximum atomic E-state index is 11.0. The van der Waals surface area contributed by atoms with Crippen LogP contribution in [0.3, 0.4) is 0 Å². The average molecular weight is 263 g/mol. The van der Waals surface area contributed by atoms with E-state index in [0.29, 0.717) is 17.7 Å². The number of carboxylic acids is 1. The minimum atomic E-state index is -0.911. The zero-order valence-corrected chi connectivity index (χ0v) is 10.5. The van der Waals surface area contributed by atoms with Crippen LogP contribution in [0.25, 0.3) is 0 Å². The fraction of sp³-hybridized carbons (Fsp3) is 0.364. The molecule has 0 aliphatic carbocycles. The first-order valence-corrected chi connectivity index (χ1v) is 5.53. The van der Waals surface area contributed by atoms with E-state index in [-0.39, 0.29) is 10.0 Å². The molecule has 1 rings (SSSR count).